The van der Waals surface area contributed by atoms with Crippen LogP contribution in [-0.2, 0) is 0 Å². The smallest absolute Gasteiger partial charge is 0.0473 e. The predicted octanol–water partition coefficient (Wildman–Crippen LogP) is 3.63. The van der Waals surface area contributed by atoms with Crippen molar-refractivity contribution in [2.45, 2.75) is 33.2 Å². The highest BCUT2D eigenvalue weighted by atomic mass is 35.5. The largest absolute Gasteiger partial charge is 0.329 e. The zero-order valence-electron chi connectivity index (χ0n) is 12.2. The molecule has 3 heteroatoms. The molecule has 1 heterocycles. The summed E-state index contributed by atoms with van der Waals surface area (Å²) in [4.78, 5) is 2.54. The second-order valence-corrected chi connectivity index (χ2v) is 6.43. The molecule has 106 valence electrons. The molecule has 0 saturated carbocycles. The fraction of sp³-hybridized carbons (Fsp3) is 0.625. The van der Waals surface area contributed by atoms with E-state index in [0.29, 0.717) is 12.6 Å². The summed E-state index contributed by atoms with van der Waals surface area (Å²) < 4.78 is 0. The lowest BCUT2D eigenvalue weighted by Crippen LogP contribution is -2.43. The monoisotopic (exact) mass is 280 g/mol. The number of hydrogen-bond acceptors (Lipinski definition) is 2. The molecule has 2 rings (SSSR count). The van der Waals surface area contributed by atoms with Crippen LogP contribution in [0.15, 0.2) is 18.2 Å². The Bertz CT molecular complexity index is 433. The Hall–Kier alpha value is -0.570. The minimum atomic E-state index is 0.326. The van der Waals surface area contributed by atoms with E-state index in [2.05, 4.69) is 31.7 Å². The van der Waals surface area contributed by atoms with E-state index < -0.39 is 0 Å². The van der Waals surface area contributed by atoms with Crippen molar-refractivity contribution < 1.29 is 0 Å². The van der Waals surface area contributed by atoms with Gasteiger partial charge in [0.1, 0.15) is 0 Å². The molecule has 2 N–H and O–H groups in total. The molecular weight excluding hydrogens is 256 g/mol. The molecule has 0 amide bonds. The summed E-state index contributed by atoms with van der Waals surface area (Å²) in [5, 5.41) is 0.803. The Labute approximate surface area is 121 Å². The summed E-state index contributed by atoms with van der Waals surface area (Å²) in [6.07, 6.45) is 1.27. The van der Waals surface area contributed by atoms with Crippen LogP contribution < -0.4 is 5.73 Å². The first-order valence-electron chi connectivity index (χ1n) is 7.23. The van der Waals surface area contributed by atoms with Crippen molar-refractivity contribution in [3.8, 4) is 0 Å². The van der Waals surface area contributed by atoms with Gasteiger partial charge in [-0.15, -0.1) is 0 Å². The molecule has 19 heavy (non-hydrogen) atoms. The molecule has 1 aromatic rings. The Balaban J connectivity index is 2.20. The third-order valence-corrected chi connectivity index (χ3v) is 4.86. The van der Waals surface area contributed by atoms with E-state index in [-0.39, 0.29) is 0 Å². The molecule has 2 nitrogen and oxygen atoms in total. The van der Waals surface area contributed by atoms with Gasteiger partial charge in [0.05, 0.1) is 0 Å². The number of benzene rings is 1. The van der Waals surface area contributed by atoms with E-state index in [9.17, 15) is 0 Å². The number of halogens is 1. The minimum absolute atomic E-state index is 0.326. The molecule has 0 aliphatic carbocycles. The summed E-state index contributed by atoms with van der Waals surface area (Å²) in [5.41, 5.74) is 8.62. The maximum absolute atomic E-state index is 6.05. The summed E-state index contributed by atoms with van der Waals surface area (Å²) in [5.74, 6) is 1.57. The molecule has 1 aromatic carbocycles. The fourth-order valence-corrected chi connectivity index (χ4v) is 3.29. The van der Waals surface area contributed by atoms with Gasteiger partial charge in [-0.2, -0.15) is 0 Å². The number of nitrogens with two attached hydrogens (primary N) is 1. The zero-order valence-corrected chi connectivity index (χ0v) is 13.0. The molecule has 1 fully saturated rings. The highest BCUT2D eigenvalue weighted by Gasteiger charge is 2.28. The fourth-order valence-electron chi connectivity index (χ4n) is 3.06. The van der Waals surface area contributed by atoms with E-state index in [0.717, 1.165) is 29.9 Å². The molecule has 0 bridgehead atoms. The molecule has 0 radical (unpaired) electrons. The molecule has 1 aliphatic heterocycles. The molecule has 3 unspecified atom stereocenters. The Morgan fingerprint density at radius 2 is 2.11 bits per heavy atom. The standard InChI is InChI=1S/C16H25ClN2/c1-11-6-7-19(10-13(11)3)16(9-18)15-5-4-14(17)8-12(15)2/h4-5,8,11,13,16H,6-7,9-10,18H2,1-3H3. The van der Waals surface area contributed by atoms with Crippen molar-refractivity contribution in [3.05, 3.63) is 34.3 Å². The van der Waals surface area contributed by atoms with Crippen LogP contribution in [0, 0.1) is 18.8 Å². The number of aryl methyl sites for hydroxylation is 1. The number of hydrogen-bond donors (Lipinski definition) is 1. The summed E-state index contributed by atoms with van der Waals surface area (Å²) in [6, 6.07) is 6.47. The number of rotatable bonds is 3. The quantitative estimate of drug-likeness (QED) is 0.916. The number of piperidine rings is 1. The molecular formula is C16H25ClN2. The van der Waals surface area contributed by atoms with Crippen molar-refractivity contribution in [3.63, 3.8) is 0 Å². The maximum Gasteiger partial charge on any atom is 0.0473 e. The highest BCUT2D eigenvalue weighted by Crippen LogP contribution is 2.31. The summed E-state index contributed by atoms with van der Waals surface area (Å²) >= 11 is 6.05. The van der Waals surface area contributed by atoms with E-state index in [4.69, 9.17) is 17.3 Å². The zero-order chi connectivity index (χ0) is 14.0. The van der Waals surface area contributed by atoms with Crippen molar-refractivity contribution in [2.75, 3.05) is 19.6 Å². The molecule has 0 spiro atoms. The Kier molecular flexibility index (Phi) is 4.88. The van der Waals surface area contributed by atoms with Crippen molar-refractivity contribution in [1.82, 2.24) is 4.90 Å². The van der Waals surface area contributed by atoms with Crippen molar-refractivity contribution in [2.24, 2.45) is 17.6 Å². The predicted molar refractivity (Wildman–Crippen MR) is 82.5 cm³/mol. The molecule has 1 saturated heterocycles. The topological polar surface area (TPSA) is 29.3 Å². The summed E-state index contributed by atoms with van der Waals surface area (Å²) in [7, 11) is 0. The average Bonchev–Trinajstić information content (AvgIpc) is 2.37. The van der Waals surface area contributed by atoms with Gasteiger partial charge < -0.3 is 5.73 Å². The van der Waals surface area contributed by atoms with Crippen LogP contribution in [0.4, 0.5) is 0 Å². The normalized spacial score (nSPS) is 26.4. The lowest BCUT2D eigenvalue weighted by Gasteiger charge is -2.40. The van der Waals surface area contributed by atoms with Crippen molar-refractivity contribution >= 4 is 11.6 Å². The first kappa shape index (κ1) is 14.8. The van der Waals surface area contributed by atoms with Gasteiger partial charge in [0.2, 0.25) is 0 Å². The minimum Gasteiger partial charge on any atom is -0.329 e. The molecule has 3 atom stereocenters. The van der Waals surface area contributed by atoms with E-state index in [1.165, 1.54) is 17.5 Å². The lowest BCUT2D eigenvalue weighted by molar-refractivity contribution is 0.0980. The number of likely N-dealkylation sites (tertiary alicyclic amines) is 1. The van der Waals surface area contributed by atoms with Crippen LogP contribution in [0.1, 0.15) is 37.4 Å². The van der Waals surface area contributed by atoms with E-state index >= 15 is 0 Å². The third-order valence-electron chi connectivity index (χ3n) is 4.62. The van der Waals surface area contributed by atoms with Gasteiger partial charge in [-0.25, -0.2) is 0 Å². The van der Waals surface area contributed by atoms with Crippen LogP contribution in [0.3, 0.4) is 0 Å². The maximum atomic E-state index is 6.05. The van der Waals surface area contributed by atoms with E-state index in [1.807, 2.05) is 12.1 Å². The average molecular weight is 281 g/mol. The van der Waals surface area contributed by atoms with Crippen LogP contribution in [0.5, 0.6) is 0 Å². The first-order chi connectivity index (χ1) is 9.02. The SMILES string of the molecule is Cc1cc(Cl)ccc1C(CN)N1CCC(C)C(C)C1. The van der Waals surface area contributed by atoms with Gasteiger partial charge in [-0.05, 0) is 55.0 Å². The van der Waals surface area contributed by atoms with Crippen molar-refractivity contribution in [1.29, 1.82) is 0 Å². The Morgan fingerprint density at radius 3 is 2.68 bits per heavy atom. The van der Waals surface area contributed by atoms with Crippen LogP contribution in [-0.4, -0.2) is 24.5 Å². The van der Waals surface area contributed by atoms with Gasteiger partial charge in [0, 0.05) is 24.2 Å². The second kappa shape index (κ2) is 6.25. The molecule has 0 aromatic heterocycles. The van der Waals surface area contributed by atoms with Gasteiger partial charge >= 0.3 is 0 Å². The van der Waals surface area contributed by atoms with Crippen LogP contribution in [0.25, 0.3) is 0 Å². The summed E-state index contributed by atoms with van der Waals surface area (Å²) in [6.45, 7) is 9.79. The Morgan fingerprint density at radius 1 is 1.37 bits per heavy atom. The molecule has 1 aliphatic rings. The van der Waals surface area contributed by atoms with Crippen LogP contribution >= 0.6 is 11.6 Å². The third kappa shape index (κ3) is 3.31. The highest BCUT2D eigenvalue weighted by molar-refractivity contribution is 6.30. The van der Waals surface area contributed by atoms with E-state index in [1.54, 1.807) is 0 Å². The van der Waals surface area contributed by atoms with Gasteiger partial charge in [-0.1, -0.05) is 31.5 Å². The second-order valence-electron chi connectivity index (χ2n) is 5.99. The van der Waals surface area contributed by atoms with Gasteiger partial charge in [0.25, 0.3) is 0 Å². The first-order valence-corrected chi connectivity index (χ1v) is 7.61. The number of nitrogens with zero attached hydrogens (tertiary/aromatic N) is 1. The lowest BCUT2D eigenvalue weighted by atomic mass is 9.87. The van der Waals surface area contributed by atoms with Gasteiger partial charge in [0.15, 0.2) is 0 Å². The van der Waals surface area contributed by atoms with Crippen LogP contribution in [0.2, 0.25) is 5.02 Å². The van der Waals surface area contributed by atoms with Gasteiger partial charge in [-0.3, -0.25) is 4.90 Å².